The SMILES string of the molecule is CCn1ccnc(N2CCC(CN)CC2)c1=O. The van der Waals surface area contributed by atoms with Gasteiger partial charge in [-0.25, -0.2) is 4.98 Å². The highest BCUT2D eigenvalue weighted by Gasteiger charge is 2.21. The van der Waals surface area contributed by atoms with Gasteiger partial charge in [0.25, 0.3) is 5.56 Å². The molecule has 1 aliphatic rings. The smallest absolute Gasteiger partial charge is 0.293 e. The molecular weight excluding hydrogens is 216 g/mol. The molecule has 1 aromatic heterocycles. The second-order valence-corrected chi connectivity index (χ2v) is 4.51. The van der Waals surface area contributed by atoms with Crippen molar-refractivity contribution in [3.8, 4) is 0 Å². The largest absolute Gasteiger partial charge is 0.352 e. The van der Waals surface area contributed by atoms with Crippen molar-refractivity contribution >= 4 is 5.82 Å². The van der Waals surface area contributed by atoms with Gasteiger partial charge in [-0.1, -0.05) is 0 Å². The second kappa shape index (κ2) is 5.31. The Balaban J connectivity index is 2.16. The van der Waals surface area contributed by atoms with E-state index in [9.17, 15) is 4.79 Å². The molecule has 1 fully saturated rings. The number of nitrogens with two attached hydrogens (primary N) is 1. The van der Waals surface area contributed by atoms with Crippen LogP contribution >= 0.6 is 0 Å². The van der Waals surface area contributed by atoms with Crippen LogP contribution in [0.15, 0.2) is 17.2 Å². The summed E-state index contributed by atoms with van der Waals surface area (Å²) >= 11 is 0. The van der Waals surface area contributed by atoms with Crippen LogP contribution in [0, 0.1) is 5.92 Å². The van der Waals surface area contributed by atoms with E-state index in [2.05, 4.69) is 9.88 Å². The van der Waals surface area contributed by atoms with Crippen LogP contribution in [0.1, 0.15) is 19.8 Å². The van der Waals surface area contributed by atoms with Crippen LogP contribution < -0.4 is 16.2 Å². The van der Waals surface area contributed by atoms with E-state index < -0.39 is 0 Å². The zero-order valence-electron chi connectivity index (χ0n) is 10.3. The van der Waals surface area contributed by atoms with Gasteiger partial charge in [-0.2, -0.15) is 0 Å². The molecule has 1 aromatic rings. The minimum atomic E-state index is 0.0150. The van der Waals surface area contributed by atoms with Gasteiger partial charge in [-0.05, 0) is 32.2 Å². The van der Waals surface area contributed by atoms with Crippen LogP contribution in [0.2, 0.25) is 0 Å². The monoisotopic (exact) mass is 236 g/mol. The standard InChI is InChI=1S/C12H20N4O/c1-2-15-8-5-14-11(12(15)17)16-6-3-10(9-13)4-7-16/h5,8,10H,2-4,6-7,9,13H2,1H3. The van der Waals surface area contributed by atoms with Crippen LogP contribution in [0.5, 0.6) is 0 Å². The molecule has 0 aromatic carbocycles. The number of nitrogens with zero attached hydrogens (tertiary/aromatic N) is 3. The summed E-state index contributed by atoms with van der Waals surface area (Å²) in [6.45, 7) is 5.17. The molecule has 2 rings (SSSR count). The van der Waals surface area contributed by atoms with Crippen molar-refractivity contribution in [3.63, 3.8) is 0 Å². The fraction of sp³-hybridized carbons (Fsp3) is 0.667. The molecule has 0 aliphatic carbocycles. The van der Waals surface area contributed by atoms with Crippen LogP contribution in [0.25, 0.3) is 0 Å². The summed E-state index contributed by atoms with van der Waals surface area (Å²) in [5.74, 6) is 1.19. The lowest BCUT2D eigenvalue weighted by Gasteiger charge is -2.31. The molecule has 2 heterocycles. The Morgan fingerprint density at radius 2 is 2.18 bits per heavy atom. The molecule has 0 radical (unpaired) electrons. The third-order valence-electron chi connectivity index (χ3n) is 3.48. The molecule has 0 saturated carbocycles. The van der Waals surface area contributed by atoms with E-state index in [0.717, 1.165) is 32.5 Å². The van der Waals surface area contributed by atoms with Gasteiger partial charge in [0.05, 0.1) is 0 Å². The first-order chi connectivity index (χ1) is 8.26. The maximum Gasteiger partial charge on any atom is 0.293 e. The summed E-state index contributed by atoms with van der Waals surface area (Å²) in [5.41, 5.74) is 5.68. The highest BCUT2D eigenvalue weighted by Crippen LogP contribution is 2.18. The first-order valence-electron chi connectivity index (χ1n) is 6.26. The fourth-order valence-electron chi connectivity index (χ4n) is 2.28. The summed E-state index contributed by atoms with van der Waals surface area (Å²) < 4.78 is 1.69. The Hall–Kier alpha value is -1.36. The lowest BCUT2D eigenvalue weighted by molar-refractivity contribution is 0.411. The average Bonchev–Trinajstić information content (AvgIpc) is 2.39. The van der Waals surface area contributed by atoms with Crippen molar-refractivity contribution in [3.05, 3.63) is 22.7 Å². The molecule has 0 unspecified atom stereocenters. The third kappa shape index (κ3) is 2.49. The van der Waals surface area contributed by atoms with E-state index in [-0.39, 0.29) is 5.56 Å². The molecule has 1 aliphatic heterocycles. The lowest BCUT2D eigenvalue weighted by Crippen LogP contribution is -2.40. The van der Waals surface area contributed by atoms with Crippen molar-refractivity contribution in [2.75, 3.05) is 24.5 Å². The molecule has 0 spiro atoms. The molecular formula is C12H20N4O. The molecule has 0 atom stereocenters. The van der Waals surface area contributed by atoms with Crippen LogP contribution in [-0.4, -0.2) is 29.2 Å². The molecule has 2 N–H and O–H groups in total. The predicted molar refractivity (Wildman–Crippen MR) is 68.2 cm³/mol. The molecule has 5 nitrogen and oxygen atoms in total. The summed E-state index contributed by atoms with van der Waals surface area (Å²) in [7, 11) is 0. The zero-order valence-corrected chi connectivity index (χ0v) is 10.3. The number of aromatic nitrogens is 2. The number of anilines is 1. The molecule has 5 heteroatoms. The van der Waals surface area contributed by atoms with Crippen molar-refractivity contribution < 1.29 is 0 Å². The van der Waals surface area contributed by atoms with E-state index in [1.807, 2.05) is 6.92 Å². The highest BCUT2D eigenvalue weighted by molar-refractivity contribution is 5.36. The fourth-order valence-corrected chi connectivity index (χ4v) is 2.28. The Morgan fingerprint density at radius 1 is 1.47 bits per heavy atom. The van der Waals surface area contributed by atoms with E-state index in [1.54, 1.807) is 17.0 Å². The average molecular weight is 236 g/mol. The maximum absolute atomic E-state index is 12.1. The van der Waals surface area contributed by atoms with Gasteiger partial charge in [-0.3, -0.25) is 4.79 Å². The third-order valence-corrected chi connectivity index (χ3v) is 3.48. The van der Waals surface area contributed by atoms with Gasteiger partial charge in [0.15, 0.2) is 5.82 Å². The zero-order chi connectivity index (χ0) is 12.3. The van der Waals surface area contributed by atoms with Gasteiger partial charge >= 0.3 is 0 Å². The summed E-state index contributed by atoms with van der Waals surface area (Å²) in [6.07, 6.45) is 5.55. The quantitative estimate of drug-likeness (QED) is 0.827. The predicted octanol–water partition coefficient (Wildman–Crippen LogP) is 0.438. The summed E-state index contributed by atoms with van der Waals surface area (Å²) in [5, 5.41) is 0. The van der Waals surface area contributed by atoms with Gasteiger partial charge in [-0.15, -0.1) is 0 Å². The first-order valence-corrected chi connectivity index (χ1v) is 6.26. The minimum absolute atomic E-state index is 0.0150. The van der Waals surface area contributed by atoms with Crippen LogP contribution in [0.4, 0.5) is 5.82 Å². The van der Waals surface area contributed by atoms with Crippen molar-refractivity contribution in [2.24, 2.45) is 11.7 Å². The van der Waals surface area contributed by atoms with Gasteiger partial charge in [0, 0.05) is 32.0 Å². The van der Waals surface area contributed by atoms with Gasteiger partial charge < -0.3 is 15.2 Å². The van der Waals surface area contributed by atoms with Crippen molar-refractivity contribution in [2.45, 2.75) is 26.3 Å². The van der Waals surface area contributed by atoms with Crippen LogP contribution in [-0.2, 0) is 6.54 Å². The Kier molecular flexibility index (Phi) is 3.78. The number of hydrogen-bond acceptors (Lipinski definition) is 4. The van der Waals surface area contributed by atoms with E-state index >= 15 is 0 Å². The highest BCUT2D eigenvalue weighted by atomic mass is 16.1. The normalized spacial score (nSPS) is 17.4. The van der Waals surface area contributed by atoms with Crippen molar-refractivity contribution in [1.82, 2.24) is 9.55 Å². The lowest BCUT2D eigenvalue weighted by atomic mass is 9.97. The molecule has 0 bridgehead atoms. The number of aryl methyl sites for hydroxylation is 1. The molecule has 0 amide bonds. The maximum atomic E-state index is 12.1. The summed E-state index contributed by atoms with van der Waals surface area (Å²) in [4.78, 5) is 18.4. The first kappa shape index (κ1) is 12.1. The number of piperidine rings is 1. The van der Waals surface area contributed by atoms with Gasteiger partial charge in [0.2, 0.25) is 0 Å². The van der Waals surface area contributed by atoms with E-state index in [1.165, 1.54) is 0 Å². The minimum Gasteiger partial charge on any atom is -0.352 e. The Morgan fingerprint density at radius 3 is 2.76 bits per heavy atom. The number of hydrogen-bond donors (Lipinski definition) is 1. The second-order valence-electron chi connectivity index (χ2n) is 4.51. The topological polar surface area (TPSA) is 64.2 Å². The molecule has 94 valence electrons. The molecule has 1 saturated heterocycles. The number of rotatable bonds is 3. The molecule has 17 heavy (non-hydrogen) atoms. The summed E-state index contributed by atoms with van der Waals surface area (Å²) in [6, 6.07) is 0. The Bertz CT molecular complexity index is 421. The van der Waals surface area contributed by atoms with E-state index in [4.69, 9.17) is 5.73 Å². The van der Waals surface area contributed by atoms with Crippen molar-refractivity contribution in [1.29, 1.82) is 0 Å². The van der Waals surface area contributed by atoms with E-state index in [0.29, 0.717) is 18.3 Å². The Labute approximate surface area is 101 Å². The van der Waals surface area contributed by atoms with Crippen LogP contribution in [0.3, 0.4) is 0 Å². The van der Waals surface area contributed by atoms with Gasteiger partial charge in [0.1, 0.15) is 0 Å².